The molecule has 1 saturated heterocycles. The van der Waals surface area contributed by atoms with Crippen molar-refractivity contribution in [3.63, 3.8) is 0 Å². The maximum absolute atomic E-state index is 13.4. The molecule has 0 aromatic heterocycles. The molecule has 0 radical (unpaired) electrons. The fourth-order valence-corrected chi connectivity index (χ4v) is 4.05. The highest BCUT2D eigenvalue weighted by Crippen LogP contribution is 2.29. The number of carbonyl (C=O) groups is 4. The number of para-hydroxylation sites is 1. The zero-order valence-electron chi connectivity index (χ0n) is 20.5. The van der Waals surface area contributed by atoms with Crippen molar-refractivity contribution in [1.29, 1.82) is 0 Å². The quantitative estimate of drug-likeness (QED) is 0.347. The smallest absolute Gasteiger partial charge is 0.338 e. The van der Waals surface area contributed by atoms with Crippen LogP contribution in [-0.2, 0) is 20.9 Å². The molecular weight excluding hydrogens is 474 g/mol. The summed E-state index contributed by atoms with van der Waals surface area (Å²) in [6.07, 6.45) is -0.232. The van der Waals surface area contributed by atoms with Crippen LogP contribution in [0.15, 0.2) is 78.9 Å². The van der Waals surface area contributed by atoms with E-state index in [0.29, 0.717) is 22.7 Å². The standard InChI is InChI=1S/C28H27N3O6/c1-3-37-27(34)20-11-13-21(14-12-20)29-25(32)17-24-26(33)31(22-7-5-4-6-8-22)28(35)30(24)18-19-9-15-23(36-2)16-10-19/h4-16,24H,3,17-18H2,1-2H3,(H,29,32)/t24-/m1/s1. The SMILES string of the molecule is CCOC(=O)c1ccc(NC(=O)C[C@@H]2C(=O)N(c3ccccc3)C(=O)N2Cc2ccc(OC)cc2)cc1. The number of ether oxygens (including phenoxy) is 2. The molecule has 9 heteroatoms. The lowest BCUT2D eigenvalue weighted by molar-refractivity contribution is -0.124. The Morgan fingerprint density at radius 3 is 2.22 bits per heavy atom. The van der Waals surface area contributed by atoms with Crippen molar-refractivity contribution in [2.75, 3.05) is 23.9 Å². The van der Waals surface area contributed by atoms with Crippen molar-refractivity contribution < 1.29 is 28.7 Å². The van der Waals surface area contributed by atoms with Gasteiger partial charge < -0.3 is 19.7 Å². The summed E-state index contributed by atoms with van der Waals surface area (Å²) in [4.78, 5) is 54.1. The lowest BCUT2D eigenvalue weighted by Gasteiger charge is -2.22. The van der Waals surface area contributed by atoms with Crippen LogP contribution in [0.3, 0.4) is 0 Å². The van der Waals surface area contributed by atoms with Gasteiger partial charge in [0.05, 0.1) is 31.4 Å². The molecule has 1 heterocycles. The van der Waals surface area contributed by atoms with Gasteiger partial charge in [0.1, 0.15) is 11.8 Å². The van der Waals surface area contributed by atoms with Crippen molar-refractivity contribution in [3.8, 4) is 5.75 Å². The first kappa shape index (κ1) is 25.4. The molecule has 190 valence electrons. The van der Waals surface area contributed by atoms with Crippen LogP contribution in [0.25, 0.3) is 0 Å². The number of methoxy groups -OCH3 is 1. The molecule has 3 aromatic rings. The van der Waals surface area contributed by atoms with Gasteiger partial charge in [0.25, 0.3) is 5.91 Å². The number of benzene rings is 3. The predicted octanol–water partition coefficient (Wildman–Crippen LogP) is 4.24. The number of rotatable bonds is 9. The molecule has 1 aliphatic heterocycles. The third-order valence-corrected chi connectivity index (χ3v) is 5.90. The number of imide groups is 1. The van der Waals surface area contributed by atoms with Gasteiger partial charge in [-0.15, -0.1) is 0 Å². The highest BCUT2D eigenvalue weighted by Gasteiger charge is 2.46. The van der Waals surface area contributed by atoms with E-state index < -0.39 is 29.9 Å². The Hall–Kier alpha value is -4.66. The summed E-state index contributed by atoms with van der Waals surface area (Å²) in [7, 11) is 1.56. The van der Waals surface area contributed by atoms with E-state index in [0.717, 1.165) is 10.5 Å². The second-order valence-electron chi connectivity index (χ2n) is 8.33. The predicted molar refractivity (Wildman–Crippen MR) is 137 cm³/mol. The number of nitrogens with zero attached hydrogens (tertiary/aromatic N) is 2. The number of hydrogen-bond donors (Lipinski definition) is 1. The molecule has 1 aliphatic rings. The molecule has 0 saturated carbocycles. The zero-order valence-corrected chi connectivity index (χ0v) is 20.5. The summed E-state index contributed by atoms with van der Waals surface area (Å²) in [6.45, 7) is 2.13. The monoisotopic (exact) mass is 501 g/mol. The Morgan fingerprint density at radius 2 is 1.59 bits per heavy atom. The summed E-state index contributed by atoms with van der Waals surface area (Å²) in [5.41, 5.74) is 2.04. The molecule has 1 N–H and O–H groups in total. The molecule has 0 unspecified atom stereocenters. The maximum atomic E-state index is 13.4. The second-order valence-corrected chi connectivity index (χ2v) is 8.33. The van der Waals surface area contributed by atoms with Gasteiger partial charge in [0.2, 0.25) is 5.91 Å². The van der Waals surface area contributed by atoms with Gasteiger partial charge in [-0.1, -0.05) is 30.3 Å². The summed E-state index contributed by atoms with van der Waals surface area (Å²) < 4.78 is 10.2. The van der Waals surface area contributed by atoms with E-state index in [2.05, 4.69) is 5.32 Å². The Kier molecular flexibility index (Phi) is 7.83. The molecule has 37 heavy (non-hydrogen) atoms. The average molecular weight is 502 g/mol. The maximum Gasteiger partial charge on any atom is 0.338 e. The highest BCUT2D eigenvalue weighted by molar-refractivity contribution is 6.22. The summed E-state index contributed by atoms with van der Waals surface area (Å²) in [6, 6.07) is 20.6. The summed E-state index contributed by atoms with van der Waals surface area (Å²) in [5, 5.41) is 2.74. The summed E-state index contributed by atoms with van der Waals surface area (Å²) in [5.74, 6) is -0.698. The molecular formula is C28H27N3O6. The molecule has 3 aromatic carbocycles. The molecule has 0 spiro atoms. The van der Waals surface area contributed by atoms with Crippen LogP contribution in [0.2, 0.25) is 0 Å². The number of urea groups is 1. The molecule has 4 amide bonds. The Balaban J connectivity index is 1.53. The minimum atomic E-state index is -0.992. The van der Waals surface area contributed by atoms with Crippen molar-refractivity contribution in [3.05, 3.63) is 90.0 Å². The van der Waals surface area contributed by atoms with E-state index in [1.165, 1.54) is 4.90 Å². The van der Waals surface area contributed by atoms with Gasteiger partial charge in [-0.25, -0.2) is 14.5 Å². The van der Waals surface area contributed by atoms with Gasteiger partial charge in [0.15, 0.2) is 0 Å². The van der Waals surface area contributed by atoms with Crippen LogP contribution in [-0.4, -0.2) is 48.5 Å². The number of esters is 1. The van der Waals surface area contributed by atoms with Gasteiger partial charge in [-0.05, 0) is 61.0 Å². The first-order chi connectivity index (χ1) is 17.9. The third kappa shape index (κ3) is 5.78. The Labute approximate surface area is 214 Å². The molecule has 4 rings (SSSR count). The topological polar surface area (TPSA) is 105 Å². The van der Waals surface area contributed by atoms with Crippen molar-refractivity contribution in [2.24, 2.45) is 0 Å². The molecule has 1 fully saturated rings. The zero-order chi connectivity index (χ0) is 26.4. The Bertz CT molecular complexity index is 1280. The molecule has 9 nitrogen and oxygen atoms in total. The Morgan fingerprint density at radius 1 is 0.919 bits per heavy atom. The van der Waals surface area contributed by atoms with E-state index in [1.807, 2.05) is 12.1 Å². The number of anilines is 2. The van der Waals surface area contributed by atoms with Crippen LogP contribution in [0.1, 0.15) is 29.3 Å². The minimum absolute atomic E-state index is 0.143. The molecule has 1 atom stereocenters. The van der Waals surface area contributed by atoms with E-state index in [4.69, 9.17) is 9.47 Å². The summed E-state index contributed by atoms with van der Waals surface area (Å²) >= 11 is 0. The number of hydrogen-bond acceptors (Lipinski definition) is 6. The van der Waals surface area contributed by atoms with Crippen LogP contribution in [0.4, 0.5) is 16.2 Å². The molecule has 0 aliphatic carbocycles. The van der Waals surface area contributed by atoms with Gasteiger partial charge in [-0.3, -0.25) is 9.59 Å². The van der Waals surface area contributed by atoms with Crippen molar-refractivity contribution >= 4 is 35.2 Å². The van der Waals surface area contributed by atoms with Crippen LogP contribution >= 0.6 is 0 Å². The highest BCUT2D eigenvalue weighted by atomic mass is 16.5. The van der Waals surface area contributed by atoms with E-state index in [1.54, 1.807) is 80.8 Å². The van der Waals surface area contributed by atoms with Gasteiger partial charge >= 0.3 is 12.0 Å². The fraction of sp³-hybridized carbons (Fsp3) is 0.214. The number of amides is 4. The number of carbonyl (C=O) groups excluding carboxylic acids is 4. The first-order valence-electron chi connectivity index (χ1n) is 11.8. The largest absolute Gasteiger partial charge is 0.497 e. The van der Waals surface area contributed by atoms with Crippen molar-refractivity contribution in [2.45, 2.75) is 25.9 Å². The van der Waals surface area contributed by atoms with E-state index in [-0.39, 0.29) is 19.6 Å². The third-order valence-electron chi connectivity index (χ3n) is 5.90. The first-order valence-corrected chi connectivity index (χ1v) is 11.8. The van der Waals surface area contributed by atoms with E-state index in [9.17, 15) is 19.2 Å². The fourth-order valence-electron chi connectivity index (χ4n) is 4.05. The van der Waals surface area contributed by atoms with E-state index >= 15 is 0 Å². The lowest BCUT2D eigenvalue weighted by Crippen LogP contribution is -2.37. The van der Waals surface area contributed by atoms with Crippen LogP contribution in [0.5, 0.6) is 5.75 Å². The molecule has 0 bridgehead atoms. The second kappa shape index (κ2) is 11.4. The normalized spacial score (nSPS) is 15.0. The minimum Gasteiger partial charge on any atom is -0.497 e. The van der Waals surface area contributed by atoms with Gasteiger partial charge in [-0.2, -0.15) is 0 Å². The van der Waals surface area contributed by atoms with Crippen LogP contribution < -0.4 is 15.0 Å². The van der Waals surface area contributed by atoms with Crippen molar-refractivity contribution in [1.82, 2.24) is 4.90 Å². The lowest BCUT2D eigenvalue weighted by atomic mass is 10.1. The average Bonchev–Trinajstić information content (AvgIpc) is 3.14. The number of nitrogens with one attached hydrogen (secondary N) is 1. The van der Waals surface area contributed by atoms with Gasteiger partial charge in [0, 0.05) is 12.2 Å². The van der Waals surface area contributed by atoms with Crippen LogP contribution in [0, 0.1) is 0 Å².